The van der Waals surface area contributed by atoms with E-state index in [0.717, 1.165) is 38.5 Å². The van der Waals surface area contributed by atoms with Gasteiger partial charge in [0.2, 0.25) is 0 Å². The van der Waals surface area contributed by atoms with Crippen LogP contribution in [0.1, 0.15) is 103 Å². The molecule has 3 N–H and O–H groups in total. The van der Waals surface area contributed by atoms with Gasteiger partial charge in [-0.25, -0.2) is 4.79 Å². The van der Waals surface area contributed by atoms with E-state index in [0.29, 0.717) is 6.42 Å². The van der Waals surface area contributed by atoms with E-state index in [1.165, 1.54) is 55.4 Å². The van der Waals surface area contributed by atoms with Gasteiger partial charge in [0, 0.05) is 25.5 Å². The molecule has 0 unspecified atom stereocenters. The molecule has 2 heterocycles. The number of carbonyl (C=O) groups excluding carboxylic acids is 2. The number of aliphatic hydroxyl groups is 1. The third-order valence-electron chi connectivity index (χ3n) is 6.18. The monoisotopic (exact) mass is 479 g/mol. The molecule has 3 atom stereocenters. The van der Waals surface area contributed by atoms with Crippen molar-refractivity contribution in [2.75, 3.05) is 12.3 Å². The second-order valence-electron chi connectivity index (χ2n) is 9.25. The Morgan fingerprint density at radius 2 is 1.62 bits per heavy atom. The topological polar surface area (TPSA) is 134 Å². The SMILES string of the molecule is CC(=O)CCCCCCCCCCCCCC(=O)OC[C@H]1O[C@@H](n2ccc(N)nc2=O)C[C@@H]1O. The second-order valence-corrected chi connectivity index (χ2v) is 9.25. The zero-order valence-corrected chi connectivity index (χ0v) is 20.5. The minimum Gasteiger partial charge on any atom is -0.463 e. The lowest BCUT2D eigenvalue weighted by atomic mass is 10.0. The maximum atomic E-state index is 12.0. The molecule has 9 nitrogen and oxygen atoms in total. The van der Waals surface area contributed by atoms with Crippen LogP contribution >= 0.6 is 0 Å². The highest BCUT2D eigenvalue weighted by Gasteiger charge is 2.36. The number of nitrogen functional groups attached to an aromatic ring is 1. The lowest BCUT2D eigenvalue weighted by molar-refractivity contribution is -0.150. The molecule has 192 valence electrons. The molecule has 1 aliphatic rings. The molecule has 0 amide bonds. The number of aromatic nitrogens is 2. The average Bonchev–Trinajstić information content (AvgIpc) is 3.15. The number of carbonyl (C=O) groups is 2. The Kier molecular flexibility index (Phi) is 12.8. The van der Waals surface area contributed by atoms with Crippen LogP contribution in [0, 0.1) is 0 Å². The van der Waals surface area contributed by atoms with E-state index in [1.807, 2.05) is 0 Å². The molecular formula is C25H41N3O6. The molecule has 0 spiro atoms. The van der Waals surface area contributed by atoms with Gasteiger partial charge in [0.1, 0.15) is 30.5 Å². The fourth-order valence-corrected chi connectivity index (χ4v) is 4.16. The number of anilines is 1. The molecule has 0 saturated carbocycles. The lowest BCUT2D eigenvalue weighted by Crippen LogP contribution is -2.29. The summed E-state index contributed by atoms with van der Waals surface area (Å²) in [6.07, 6.45) is 13.1. The second kappa shape index (κ2) is 15.6. The number of hydrogen-bond donors (Lipinski definition) is 2. The predicted molar refractivity (Wildman–Crippen MR) is 129 cm³/mol. The summed E-state index contributed by atoms with van der Waals surface area (Å²) in [4.78, 5) is 38.5. The Labute approximate surface area is 202 Å². The number of Topliss-reactive ketones (excluding diaryl/α,β-unsaturated/α-hetero) is 1. The number of unbranched alkanes of at least 4 members (excludes halogenated alkanes) is 10. The molecule has 9 heteroatoms. The number of aliphatic hydroxyl groups excluding tert-OH is 1. The first-order valence-electron chi connectivity index (χ1n) is 12.7. The standard InChI is InChI=1S/C25H41N3O6/c1-19(29)13-11-9-7-5-3-2-4-6-8-10-12-14-24(31)33-18-21-20(30)17-23(34-21)28-16-15-22(26)27-25(28)32/h15-16,20-21,23,30H,2-14,17-18H2,1H3,(H2,26,27,32)/t20-,21+,23+/m0/s1. The molecule has 2 rings (SSSR count). The van der Waals surface area contributed by atoms with Crippen LogP contribution in [0.2, 0.25) is 0 Å². The van der Waals surface area contributed by atoms with Crippen LogP contribution < -0.4 is 11.4 Å². The molecule has 1 aromatic heterocycles. The number of nitrogens with zero attached hydrogens (tertiary/aromatic N) is 2. The van der Waals surface area contributed by atoms with Crippen molar-refractivity contribution in [3.8, 4) is 0 Å². The summed E-state index contributed by atoms with van der Waals surface area (Å²) in [6, 6.07) is 1.49. The summed E-state index contributed by atoms with van der Waals surface area (Å²) in [6.45, 7) is 1.62. The number of hydrogen-bond acceptors (Lipinski definition) is 8. The molecule has 1 aromatic rings. The van der Waals surface area contributed by atoms with Crippen molar-refractivity contribution >= 4 is 17.6 Å². The molecule has 1 aliphatic heterocycles. The van der Waals surface area contributed by atoms with E-state index in [1.54, 1.807) is 6.92 Å². The van der Waals surface area contributed by atoms with Gasteiger partial charge in [0.25, 0.3) is 0 Å². The van der Waals surface area contributed by atoms with E-state index < -0.39 is 24.1 Å². The molecule has 34 heavy (non-hydrogen) atoms. The quantitative estimate of drug-likeness (QED) is 0.255. The van der Waals surface area contributed by atoms with Gasteiger partial charge in [-0.15, -0.1) is 0 Å². The van der Waals surface area contributed by atoms with Gasteiger partial charge in [-0.3, -0.25) is 9.36 Å². The van der Waals surface area contributed by atoms with Crippen LogP contribution in [-0.4, -0.2) is 45.2 Å². The Balaban J connectivity index is 1.46. The van der Waals surface area contributed by atoms with Crippen LogP contribution in [0.15, 0.2) is 17.1 Å². The lowest BCUT2D eigenvalue weighted by Gasteiger charge is -2.16. The largest absolute Gasteiger partial charge is 0.463 e. The molecular weight excluding hydrogens is 438 g/mol. The van der Waals surface area contributed by atoms with E-state index in [9.17, 15) is 19.5 Å². The first-order chi connectivity index (χ1) is 16.4. The Hall–Kier alpha value is -2.26. The molecule has 1 saturated heterocycles. The first-order valence-corrected chi connectivity index (χ1v) is 12.7. The van der Waals surface area contributed by atoms with E-state index in [4.69, 9.17) is 15.2 Å². The minimum absolute atomic E-state index is 0.0393. The summed E-state index contributed by atoms with van der Waals surface area (Å²) in [5, 5.41) is 10.2. The van der Waals surface area contributed by atoms with Crippen molar-refractivity contribution in [3.05, 3.63) is 22.7 Å². The normalized spacial score (nSPS) is 19.9. The van der Waals surface area contributed by atoms with Crippen LogP contribution in [0.3, 0.4) is 0 Å². The summed E-state index contributed by atoms with van der Waals surface area (Å²) < 4.78 is 12.3. The highest BCUT2D eigenvalue weighted by Crippen LogP contribution is 2.28. The predicted octanol–water partition coefficient (Wildman–Crippen LogP) is 3.68. The van der Waals surface area contributed by atoms with Crippen molar-refractivity contribution < 1.29 is 24.2 Å². The smallest absolute Gasteiger partial charge is 0.351 e. The van der Waals surface area contributed by atoms with Crippen LogP contribution in [-0.2, 0) is 19.1 Å². The fourth-order valence-electron chi connectivity index (χ4n) is 4.16. The average molecular weight is 480 g/mol. The first kappa shape index (κ1) is 28.0. The summed E-state index contributed by atoms with van der Waals surface area (Å²) in [5.74, 6) is 0.115. The Morgan fingerprint density at radius 1 is 1.06 bits per heavy atom. The van der Waals surface area contributed by atoms with E-state index in [-0.39, 0.29) is 30.6 Å². The number of esters is 1. The zero-order valence-electron chi connectivity index (χ0n) is 20.5. The van der Waals surface area contributed by atoms with Crippen molar-refractivity contribution in [3.63, 3.8) is 0 Å². The van der Waals surface area contributed by atoms with Crippen LogP contribution in [0.5, 0.6) is 0 Å². The van der Waals surface area contributed by atoms with Crippen molar-refractivity contribution in [1.82, 2.24) is 9.55 Å². The van der Waals surface area contributed by atoms with E-state index >= 15 is 0 Å². The molecule has 0 radical (unpaired) electrons. The molecule has 0 aromatic carbocycles. The Morgan fingerprint density at radius 3 is 2.18 bits per heavy atom. The molecule has 1 fully saturated rings. The third-order valence-corrected chi connectivity index (χ3v) is 6.18. The van der Waals surface area contributed by atoms with Gasteiger partial charge in [0.05, 0.1) is 6.10 Å². The number of nitrogens with two attached hydrogens (primary N) is 1. The fraction of sp³-hybridized carbons (Fsp3) is 0.760. The van der Waals surface area contributed by atoms with Crippen molar-refractivity contribution in [2.24, 2.45) is 0 Å². The third kappa shape index (κ3) is 10.8. The maximum Gasteiger partial charge on any atom is 0.351 e. The summed E-state index contributed by atoms with van der Waals surface area (Å²) in [5.41, 5.74) is 4.95. The van der Waals surface area contributed by atoms with Crippen molar-refractivity contribution in [1.29, 1.82) is 0 Å². The summed E-state index contributed by atoms with van der Waals surface area (Å²) in [7, 11) is 0. The molecule has 0 aliphatic carbocycles. The number of rotatable bonds is 17. The highest BCUT2D eigenvalue weighted by atomic mass is 16.6. The molecule has 0 bridgehead atoms. The number of ketones is 1. The van der Waals surface area contributed by atoms with Gasteiger partial charge >= 0.3 is 11.7 Å². The Bertz CT molecular complexity index is 812. The van der Waals surface area contributed by atoms with Gasteiger partial charge in [0.15, 0.2) is 0 Å². The summed E-state index contributed by atoms with van der Waals surface area (Å²) >= 11 is 0. The van der Waals surface area contributed by atoms with Gasteiger partial charge in [-0.2, -0.15) is 4.98 Å². The minimum atomic E-state index is -0.831. The van der Waals surface area contributed by atoms with Gasteiger partial charge in [-0.05, 0) is 25.8 Å². The zero-order chi connectivity index (χ0) is 24.8. The van der Waals surface area contributed by atoms with Gasteiger partial charge < -0.3 is 25.1 Å². The van der Waals surface area contributed by atoms with Crippen LogP contribution in [0.4, 0.5) is 5.82 Å². The van der Waals surface area contributed by atoms with Crippen molar-refractivity contribution in [2.45, 2.75) is 115 Å². The maximum absolute atomic E-state index is 12.0. The number of ether oxygens (including phenoxy) is 2. The van der Waals surface area contributed by atoms with Crippen LogP contribution in [0.25, 0.3) is 0 Å². The highest BCUT2D eigenvalue weighted by molar-refractivity contribution is 5.75. The van der Waals surface area contributed by atoms with E-state index in [2.05, 4.69) is 4.98 Å². The van der Waals surface area contributed by atoms with Gasteiger partial charge in [-0.1, -0.05) is 57.8 Å².